The molecule has 1 aliphatic heterocycles. The predicted octanol–water partition coefficient (Wildman–Crippen LogP) is 0.926. The molecule has 0 bridgehead atoms. The SMILES string of the molecule is CC[NH+](CC(=O)NCc1ccccc1C)CC(=O)Nc1ccc2c(c1)OCCO2. The topological polar surface area (TPSA) is 81.1 Å². The summed E-state index contributed by atoms with van der Waals surface area (Å²) in [6, 6.07) is 13.3. The monoisotopic (exact) mass is 398 g/mol. The number of hydrogen-bond donors (Lipinski definition) is 3. The average Bonchev–Trinajstić information content (AvgIpc) is 2.72. The van der Waals surface area contributed by atoms with E-state index in [9.17, 15) is 9.59 Å². The van der Waals surface area contributed by atoms with Crippen LogP contribution in [0.1, 0.15) is 18.1 Å². The van der Waals surface area contributed by atoms with Gasteiger partial charge >= 0.3 is 0 Å². The number of carbonyl (C=O) groups excluding carboxylic acids is 2. The third-order valence-electron chi connectivity index (χ3n) is 4.88. The van der Waals surface area contributed by atoms with Gasteiger partial charge < -0.3 is 25.0 Å². The number of ether oxygens (including phenoxy) is 2. The number of likely N-dealkylation sites (N-methyl/N-ethyl adjacent to an activating group) is 1. The smallest absolute Gasteiger partial charge is 0.279 e. The van der Waals surface area contributed by atoms with Gasteiger partial charge in [0.15, 0.2) is 24.6 Å². The molecular formula is C22H28N3O4+. The second kappa shape index (κ2) is 9.93. The molecule has 1 heterocycles. The van der Waals surface area contributed by atoms with Crippen molar-refractivity contribution in [2.24, 2.45) is 0 Å². The van der Waals surface area contributed by atoms with E-state index in [4.69, 9.17) is 9.47 Å². The van der Waals surface area contributed by atoms with E-state index in [0.29, 0.717) is 43.5 Å². The molecule has 1 atom stereocenters. The third-order valence-corrected chi connectivity index (χ3v) is 4.88. The Balaban J connectivity index is 1.48. The fourth-order valence-corrected chi connectivity index (χ4v) is 3.16. The number of aryl methyl sites for hydroxylation is 1. The van der Waals surface area contributed by atoms with E-state index < -0.39 is 0 Å². The van der Waals surface area contributed by atoms with Crippen LogP contribution in [0, 0.1) is 6.92 Å². The second-order valence-corrected chi connectivity index (χ2v) is 7.07. The van der Waals surface area contributed by atoms with Crippen LogP contribution >= 0.6 is 0 Å². The molecule has 7 nitrogen and oxygen atoms in total. The Labute approximate surface area is 171 Å². The summed E-state index contributed by atoms with van der Waals surface area (Å²) in [7, 11) is 0. The first-order valence-corrected chi connectivity index (χ1v) is 9.89. The van der Waals surface area contributed by atoms with Gasteiger partial charge in [0.05, 0.1) is 6.54 Å². The van der Waals surface area contributed by atoms with Crippen molar-refractivity contribution in [1.29, 1.82) is 0 Å². The largest absolute Gasteiger partial charge is 0.486 e. The van der Waals surface area contributed by atoms with Crippen molar-refractivity contribution in [2.75, 3.05) is 38.2 Å². The van der Waals surface area contributed by atoms with Gasteiger partial charge in [0, 0.05) is 18.3 Å². The van der Waals surface area contributed by atoms with Gasteiger partial charge in [-0.1, -0.05) is 24.3 Å². The number of nitrogens with one attached hydrogen (secondary N) is 3. The molecule has 0 radical (unpaired) electrons. The highest BCUT2D eigenvalue weighted by Gasteiger charge is 2.18. The van der Waals surface area contributed by atoms with Crippen LogP contribution in [0.25, 0.3) is 0 Å². The Hall–Kier alpha value is -3.06. The summed E-state index contributed by atoms with van der Waals surface area (Å²) in [4.78, 5) is 25.6. The molecule has 0 spiro atoms. The minimum Gasteiger partial charge on any atom is -0.486 e. The lowest BCUT2D eigenvalue weighted by molar-refractivity contribution is -0.881. The summed E-state index contributed by atoms with van der Waals surface area (Å²) in [5, 5.41) is 5.81. The van der Waals surface area contributed by atoms with Gasteiger partial charge in [-0.25, -0.2) is 0 Å². The fourth-order valence-electron chi connectivity index (χ4n) is 3.16. The number of rotatable bonds is 8. The zero-order valence-corrected chi connectivity index (χ0v) is 16.9. The lowest BCUT2D eigenvalue weighted by atomic mass is 10.1. The van der Waals surface area contributed by atoms with Crippen LogP contribution in [-0.4, -0.2) is 44.7 Å². The highest BCUT2D eigenvalue weighted by molar-refractivity contribution is 5.92. The van der Waals surface area contributed by atoms with Gasteiger partial charge in [-0.3, -0.25) is 9.59 Å². The predicted molar refractivity (Wildman–Crippen MR) is 110 cm³/mol. The van der Waals surface area contributed by atoms with E-state index in [0.717, 1.165) is 16.0 Å². The van der Waals surface area contributed by atoms with Crippen molar-refractivity contribution in [3.05, 3.63) is 53.6 Å². The molecular weight excluding hydrogens is 370 g/mol. The van der Waals surface area contributed by atoms with E-state index in [1.807, 2.05) is 38.1 Å². The number of benzene rings is 2. The Bertz CT molecular complexity index is 869. The number of quaternary nitrogens is 1. The summed E-state index contributed by atoms with van der Waals surface area (Å²) in [5.74, 6) is 1.09. The van der Waals surface area contributed by atoms with Crippen LogP contribution < -0.4 is 25.0 Å². The quantitative estimate of drug-likeness (QED) is 0.618. The average molecular weight is 398 g/mol. The first-order chi connectivity index (χ1) is 14.0. The second-order valence-electron chi connectivity index (χ2n) is 7.07. The standard InChI is InChI=1S/C22H27N3O4/c1-3-25(14-21(26)23-13-17-7-5-4-6-16(17)2)15-22(27)24-18-8-9-19-20(12-18)29-11-10-28-19/h4-9,12H,3,10-11,13-15H2,1-2H3,(H,23,26)(H,24,27)/p+1. The van der Waals surface area contributed by atoms with Gasteiger partial charge in [-0.2, -0.15) is 0 Å². The first kappa shape index (κ1) is 20.7. The molecule has 0 fully saturated rings. The van der Waals surface area contributed by atoms with E-state index in [1.54, 1.807) is 18.2 Å². The van der Waals surface area contributed by atoms with Gasteiger partial charge in [0.25, 0.3) is 11.8 Å². The van der Waals surface area contributed by atoms with Crippen molar-refractivity contribution in [2.45, 2.75) is 20.4 Å². The van der Waals surface area contributed by atoms with Crippen molar-refractivity contribution in [3.63, 3.8) is 0 Å². The van der Waals surface area contributed by atoms with Crippen LogP contribution in [0.4, 0.5) is 5.69 Å². The zero-order chi connectivity index (χ0) is 20.6. The van der Waals surface area contributed by atoms with Crippen LogP contribution in [0.5, 0.6) is 11.5 Å². The van der Waals surface area contributed by atoms with E-state index in [2.05, 4.69) is 10.6 Å². The van der Waals surface area contributed by atoms with E-state index in [-0.39, 0.29) is 24.9 Å². The van der Waals surface area contributed by atoms with Crippen LogP contribution in [-0.2, 0) is 16.1 Å². The molecule has 154 valence electrons. The van der Waals surface area contributed by atoms with Crippen molar-refractivity contribution >= 4 is 17.5 Å². The summed E-state index contributed by atoms with van der Waals surface area (Å²) < 4.78 is 11.0. The summed E-state index contributed by atoms with van der Waals surface area (Å²) in [5.41, 5.74) is 2.89. The number of fused-ring (bicyclic) bond motifs is 1. The van der Waals surface area contributed by atoms with Gasteiger partial charge in [-0.05, 0) is 37.1 Å². The molecule has 3 rings (SSSR count). The van der Waals surface area contributed by atoms with Crippen LogP contribution in [0.15, 0.2) is 42.5 Å². The molecule has 0 aromatic heterocycles. The minimum absolute atomic E-state index is 0.0720. The summed E-state index contributed by atoms with van der Waals surface area (Å²) in [6.07, 6.45) is 0. The van der Waals surface area contributed by atoms with Crippen LogP contribution in [0.3, 0.4) is 0 Å². The fraction of sp³-hybridized carbons (Fsp3) is 0.364. The molecule has 2 aromatic rings. The lowest BCUT2D eigenvalue weighted by Gasteiger charge is -2.20. The molecule has 29 heavy (non-hydrogen) atoms. The minimum atomic E-state index is -0.148. The Morgan fingerprint density at radius 1 is 1.00 bits per heavy atom. The normalized spacial score (nSPS) is 13.4. The number of amides is 2. The number of carbonyl (C=O) groups is 2. The van der Waals surface area contributed by atoms with E-state index in [1.165, 1.54) is 0 Å². The number of anilines is 1. The molecule has 2 amide bonds. The Kier molecular flexibility index (Phi) is 7.08. The number of hydrogen-bond acceptors (Lipinski definition) is 4. The van der Waals surface area contributed by atoms with E-state index >= 15 is 0 Å². The maximum atomic E-state index is 12.4. The maximum Gasteiger partial charge on any atom is 0.279 e. The van der Waals surface area contributed by atoms with Crippen molar-refractivity contribution in [1.82, 2.24) is 5.32 Å². The zero-order valence-electron chi connectivity index (χ0n) is 16.9. The first-order valence-electron chi connectivity index (χ1n) is 9.89. The highest BCUT2D eigenvalue weighted by Crippen LogP contribution is 2.32. The van der Waals surface area contributed by atoms with Crippen LogP contribution in [0.2, 0.25) is 0 Å². The van der Waals surface area contributed by atoms with Gasteiger partial charge in [0.1, 0.15) is 13.2 Å². The third kappa shape index (κ3) is 5.96. The van der Waals surface area contributed by atoms with Gasteiger partial charge in [-0.15, -0.1) is 0 Å². The van der Waals surface area contributed by atoms with Crippen molar-refractivity contribution < 1.29 is 24.0 Å². The maximum absolute atomic E-state index is 12.4. The molecule has 0 saturated carbocycles. The molecule has 1 aliphatic rings. The molecule has 0 saturated heterocycles. The molecule has 1 unspecified atom stereocenters. The Morgan fingerprint density at radius 2 is 1.72 bits per heavy atom. The molecule has 3 N–H and O–H groups in total. The molecule has 7 heteroatoms. The molecule has 0 aliphatic carbocycles. The summed E-state index contributed by atoms with van der Waals surface area (Å²) in [6.45, 7) is 6.63. The highest BCUT2D eigenvalue weighted by atomic mass is 16.6. The molecule has 2 aromatic carbocycles. The lowest BCUT2D eigenvalue weighted by Crippen LogP contribution is -3.13. The Morgan fingerprint density at radius 3 is 2.48 bits per heavy atom. The van der Waals surface area contributed by atoms with Crippen molar-refractivity contribution in [3.8, 4) is 11.5 Å². The van der Waals surface area contributed by atoms with Gasteiger partial charge in [0.2, 0.25) is 0 Å². The summed E-state index contributed by atoms with van der Waals surface area (Å²) >= 11 is 0.